The molecule has 1 amide bonds. The van der Waals surface area contributed by atoms with E-state index in [9.17, 15) is 4.79 Å². The van der Waals surface area contributed by atoms with Crippen molar-refractivity contribution in [3.05, 3.63) is 84.2 Å². The van der Waals surface area contributed by atoms with Gasteiger partial charge in [-0.2, -0.15) is 0 Å². The third-order valence-electron chi connectivity index (χ3n) is 5.50. The zero-order valence-corrected chi connectivity index (χ0v) is 25.5. The Bertz CT molecular complexity index is 1400. The van der Waals surface area contributed by atoms with Crippen LogP contribution in [0.3, 0.4) is 0 Å². The molecule has 3 aromatic rings. The maximum absolute atomic E-state index is 13.2. The number of benzene rings is 3. The molecule has 3 aromatic carbocycles. The fourth-order valence-corrected chi connectivity index (χ4v) is 5.81. The molecular weight excluding hydrogens is 658 g/mol. The molecule has 0 radical (unpaired) electrons. The lowest BCUT2D eigenvalue weighted by Crippen LogP contribution is -2.28. The molecule has 1 saturated heterocycles. The first-order chi connectivity index (χ1) is 18.3. The summed E-state index contributed by atoms with van der Waals surface area (Å²) < 4.78 is 18.1. The molecule has 198 valence electrons. The monoisotopic (exact) mass is 682 g/mol. The highest BCUT2D eigenvalue weighted by atomic mass is 127. The Morgan fingerprint density at radius 1 is 1.03 bits per heavy atom. The van der Waals surface area contributed by atoms with E-state index in [1.165, 1.54) is 11.8 Å². The standard InChI is InChI=1S/C28H25Cl2IN2O4S/c1-4-33-27(34)25(38-28(33)32-19-7-9-20(35-3)10-8-19)15-18-13-23(31)26(24(14-18)36-5-2)37-16-17-6-11-21(29)22(30)12-17/h6-15H,4-5,16H2,1-3H3/b25-15+,32-28?. The van der Waals surface area contributed by atoms with E-state index in [0.717, 1.165) is 26.1 Å². The second-order valence-electron chi connectivity index (χ2n) is 8.05. The van der Waals surface area contributed by atoms with Crippen LogP contribution in [0.5, 0.6) is 17.2 Å². The van der Waals surface area contributed by atoms with Gasteiger partial charge in [0.05, 0.1) is 37.9 Å². The lowest BCUT2D eigenvalue weighted by molar-refractivity contribution is -0.122. The molecule has 1 heterocycles. The fourth-order valence-electron chi connectivity index (χ4n) is 3.65. The molecule has 1 aliphatic rings. The third kappa shape index (κ3) is 6.77. The highest BCUT2D eigenvalue weighted by Gasteiger charge is 2.32. The van der Waals surface area contributed by atoms with E-state index >= 15 is 0 Å². The number of carbonyl (C=O) groups excluding carboxylic acids is 1. The SMILES string of the molecule is CCOc1cc(/C=C2/SC(=Nc3ccc(OC)cc3)N(CC)C2=O)cc(I)c1OCc1ccc(Cl)c(Cl)c1. The summed E-state index contributed by atoms with van der Waals surface area (Å²) in [6, 6.07) is 16.6. The third-order valence-corrected chi connectivity index (χ3v) is 8.05. The fraction of sp³-hybridized carbons (Fsp3) is 0.214. The number of rotatable bonds is 9. The van der Waals surface area contributed by atoms with Gasteiger partial charge >= 0.3 is 0 Å². The van der Waals surface area contributed by atoms with Crippen LogP contribution in [0.25, 0.3) is 6.08 Å². The van der Waals surface area contributed by atoms with Gasteiger partial charge in [0.2, 0.25) is 0 Å². The molecule has 0 spiro atoms. The first kappa shape index (κ1) is 28.6. The summed E-state index contributed by atoms with van der Waals surface area (Å²) in [4.78, 5) is 20.1. The summed E-state index contributed by atoms with van der Waals surface area (Å²) in [5.41, 5.74) is 2.47. The van der Waals surface area contributed by atoms with Crippen LogP contribution in [-0.4, -0.2) is 36.2 Å². The van der Waals surface area contributed by atoms with Crippen LogP contribution >= 0.6 is 57.6 Å². The Balaban J connectivity index is 1.59. The van der Waals surface area contributed by atoms with Gasteiger partial charge in [-0.25, -0.2) is 4.99 Å². The van der Waals surface area contributed by atoms with E-state index in [-0.39, 0.29) is 5.91 Å². The minimum atomic E-state index is -0.0855. The van der Waals surface area contributed by atoms with E-state index in [1.54, 1.807) is 24.1 Å². The smallest absolute Gasteiger partial charge is 0.266 e. The van der Waals surface area contributed by atoms with Crippen LogP contribution in [0.15, 0.2) is 64.5 Å². The lowest BCUT2D eigenvalue weighted by Gasteiger charge is -2.15. The Hall–Kier alpha value is -2.40. The quantitative estimate of drug-likeness (QED) is 0.168. The number of thioether (sulfide) groups is 1. The molecule has 6 nitrogen and oxygen atoms in total. The number of hydrogen-bond donors (Lipinski definition) is 0. The van der Waals surface area contributed by atoms with E-state index in [2.05, 4.69) is 22.6 Å². The number of halogens is 3. The largest absolute Gasteiger partial charge is 0.497 e. The molecule has 0 aromatic heterocycles. The van der Waals surface area contributed by atoms with Crippen molar-refractivity contribution in [3.8, 4) is 17.2 Å². The molecular formula is C28H25Cl2IN2O4S. The normalized spacial score (nSPS) is 15.4. The lowest BCUT2D eigenvalue weighted by atomic mass is 10.1. The summed E-state index contributed by atoms with van der Waals surface area (Å²) >= 11 is 15.7. The van der Waals surface area contributed by atoms with Crippen LogP contribution < -0.4 is 14.2 Å². The molecule has 1 aliphatic heterocycles. The topological polar surface area (TPSA) is 60.4 Å². The van der Waals surface area contributed by atoms with Crippen molar-refractivity contribution in [3.63, 3.8) is 0 Å². The molecule has 0 atom stereocenters. The number of amides is 1. The van der Waals surface area contributed by atoms with Gasteiger partial charge in [0.1, 0.15) is 12.4 Å². The minimum Gasteiger partial charge on any atom is -0.497 e. The van der Waals surface area contributed by atoms with E-state index in [1.807, 2.05) is 62.4 Å². The molecule has 0 saturated carbocycles. The number of hydrogen-bond acceptors (Lipinski definition) is 6. The second-order valence-corrected chi connectivity index (χ2v) is 11.0. The van der Waals surface area contributed by atoms with Crippen molar-refractivity contribution < 1.29 is 19.0 Å². The predicted octanol–water partition coefficient (Wildman–Crippen LogP) is 8.21. The van der Waals surface area contributed by atoms with Crippen LogP contribution in [0.2, 0.25) is 10.0 Å². The van der Waals surface area contributed by atoms with Crippen LogP contribution in [-0.2, 0) is 11.4 Å². The molecule has 0 aliphatic carbocycles. The first-order valence-electron chi connectivity index (χ1n) is 11.8. The highest BCUT2D eigenvalue weighted by Crippen LogP contribution is 2.38. The number of ether oxygens (including phenoxy) is 3. The van der Waals surface area contributed by atoms with Crippen molar-refractivity contribution in [2.24, 2.45) is 4.99 Å². The van der Waals surface area contributed by atoms with Gasteiger partial charge in [-0.05, 0) is 114 Å². The molecule has 1 fully saturated rings. The number of methoxy groups -OCH3 is 1. The number of amidine groups is 1. The first-order valence-corrected chi connectivity index (χ1v) is 14.4. The van der Waals surface area contributed by atoms with Crippen molar-refractivity contribution >= 4 is 80.4 Å². The Morgan fingerprint density at radius 3 is 2.45 bits per heavy atom. The maximum Gasteiger partial charge on any atom is 0.266 e. The van der Waals surface area contributed by atoms with Crippen LogP contribution in [0.1, 0.15) is 25.0 Å². The zero-order chi connectivity index (χ0) is 27.2. The molecule has 4 rings (SSSR count). The van der Waals surface area contributed by atoms with Gasteiger partial charge in [-0.3, -0.25) is 9.69 Å². The summed E-state index contributed by atoms with van der Waals surface area (Å²) in [6.45, 7) is 5.13. The van der Waals surface area contributed by atoms with E-state index in [0.29, 0.717) is 51.4 Å². The average Bonchev–Trinajstić information content (AvgIpc) is 3.19. The Kier molecular flexibility index (Phi) is 9.86. The Labute approximate surface area is 250 Å². The predicted molar refractivity (Wildman–Crippen MR) is 164 cm³/mol. The summed E-state index contributed by atoms with van der Waals surface area (Å²) in [5, 5.41) is 1.61. The highest BCUT2D eigenvalue weighted by molar-refractivity contribution is 14.1. The van der Waals surface area contributed by atoms with E-state index < -0.39 is 0 Å². The summed E-state index contributed by atoms with van der Waals surface area (Å²) in [5.74, 6) is 1.89. The number of carbonyl (C=O) groups is 1. The van der Waals surface area contributed by atoms with Crippen LogP contribution in [0.4, 0.5) is 5.69 Å². The van der Waals surface area contributed by atoms with E-state index in [4.69, 9.17) is 42.4 Å². The second kappa shape index (κ2) is 13.1. The average molecular weight is 683 g/mol. The zero-order valence-electron chi connectivity index (χ0n) is 21.0. The molecule has 0 N–H and O–H groups in total. The van der Waals surface area contributed by atoms with Gasteiger partial charge < -0.3 is 14.2 Å². The van der Waals surface area contributed by atoms with Gasteiger partial charge in [0, 0.05) is 6.54 Å². The molecule has 38 heavy (non-hydrogen) atoms. The van der Waals surface area contributed by atoms with Crippen molar-refractivity contribution in [1.29, 1.82) is 0 Å². The molecule has 10 heteroatoms. The van der Waals surface area contributed by atoms with Gasteiger partial charge in [0.25, 0.3) is 5.91 Å². The van der Waals surface area contributed by atoms with Crippen molar-refractivity contribution in [2.75, 3.05) is 20.3 Å². The maximum atomic E-state index is 13.2. The summed E-state index contributed by atoms with van der Waals surface area (Å²) in [6.07, 6.45) is 1.86. The summed E-state index contributed by atoms with van der Waals surface area (Å²) in [7, 11) is 1.62. The van der Waals surface area contributed by atoms with Gasteiger partial charge in [-0.15, -0.1) is 0 Å². The molecule has 0 bridgehead atoms. The minimum absolute atomic E-state index is 0.0855. The van der Waals surface area contributed by atoms with Crippen molar-refractivity contribution in [2.45, 2.75) is 20.5 Å². The van der Waals surface area contributed by atoms with Crippen molar-refractivity contribution in [1.82, 2.24) is 4.90 Å². The van der Waals surface area contributed by atoms with Gasteiger partial charge in [-0.1, -0.05) is 29.3 Å². The number of nitrogens with zero attached hydrogens (tertiary/aromatic N) is 2. The number of likely N-dealkylation sites (N-methyl/N-ethyl adjacent to an activating group) is 1. The van der Waals surface area contributed by atoms with Crippen LogP contribution in [0, 0.1) is 3.57 Å². The molecule has 0 unspecified atom stereocenters. The van der Waals surface area contributed by atoms with Gasteiger partial charge in [0.15, 0.2) is 16.7 Å². The number of aliphatic imine (C=N–C) groups is 1. The Morgan fingerprint density at radius 2 is 1.79 bits per heavy atom.